The number of halogens is 2. The van der Waals surface area contributed by atoms with E-state index >= 15 is 0 Å². The Balaban J connectivity index is 2.09. The first kappa shape index (κ1) is 14.3. The van der Waals surface area contributed by atoms with E-state index in [1.807, 2.05) is 19.1 Å². The van der Waals surface area contributed by atoms with E-state index in [1.165, 1.54) is 12.1 Å². The lowest BCUT2D eigenvalue weighted by atomic mass is 10.2. The molecule has 0 saturated heterocycles. The van der Waals surface area contributed by atoms with E-state index in [9.17, 15) is 9.18 Å². The molecule has 20 heavy (non-hydrogen) atoms. The van der Waals surface area contributed by atoms with Gasteiger partial charge in [-0.1, -0.05) is 11.6 Å². The van der Waals surface area contributed by atoms with Gasteiger partial charge in [-0.3, -0.25) is 4.79 Å². The van der Waals surface area contributed by atoms with Gasteiger partial charge in [0.25, 0.3) is 5.91 Å². The quantitative estimate of drug-likeness (QED) is 0.888. The second kappa shape index (κ2) is 6.39. The first-order valence-electron chi connectivity index (χ1n) is 6.20. The van der Waals surface area contributed by atoms with Crippen molar-refractivity contribution >= 4 is 28.9 Å². The Hall–Kier alpha value is -2.07. The van der Waals surface area contributed by atoms with Crippen molar-refractivity contribution in [1.82, 2.24) is 0 Å². The number of carbonyl (C=O) groups excluding carboxylic acids is 1. The van der Waals surface area contributed by atoms with E-state index in [4.69, 9.17) is 11.6 Å². The third-order valence-corrected chi connectivity index (χ3v) is 3.01. The van der Waals surface area contributed by atoms with E-state index in [0.29, 0.717) is 11.3 Å². The molecule has 2 N–H and O–H groups in total. The second-order valence-corrected chi connectivity index (χ2v) is 4.60. The summed E-state index contributed by atoms with van der Waals surface area (Å²) < 4.78 is 13.3. The van der Waals surface area contributed by atoms with Crippen LogP contribution in [0, 0.1) is 5.82 Å². The van der Waals surface area contributed by atoms with Crippen LogP contribution in [0.25, 0.3) is 0 Å². The highest BCUT2D eigenvalue weighted by molar-refractivity contribution is 6.30. The fourth-order valence-corrected chi connectivity index (χ4v) is 1.84. The summed E-state index contributed by atoms with van der Waals surface area (Å²) in [5.74, 6) is -0.860. The van der Waals surface area contributed by atoms with Gasteiger partial charge in [-0.25, -0.2) is 4.39 Å². The van der Waals surface area contributed by atoms with Gasteiger partial charge in [0.15, 0.2) is 0 Å². The second-order valence-electron chi connectivity index (χ2n) is 4.19. The highest BCUT2D eigenvalue weighted by atomic mass is 35.5. The van der Waals surface area contributed by atoms with Gasteiger partial charge in [0.1, 0.15) is 5.82 Å². The summed E-state index contributed by atoms with van der Waals surface area (Å²) in [4.78, 5) is 12.0. The molecule has 5 heteroatoms. The van der Waals surface area contributed by atoms with Crippen LogP contribution in [0.4, 0.5) is 15.8 Å². The smallest absolute Gasteiger partial charge is 0.255 e. The lowest BCUT2D eigenvalue weighted by molar-refractivity contribution is 0.102. The molecule has 2 aromatic carbocycles. The highest BCUT2D eigenvalue weighted by Gasteiger charge is 2.07. The van der Waals surface area contributed by atoms with Gasteiger partial charge >= 0.3 is 0 Å². The Labute approximate surface area is 121 Å². The normalized spacial score (nSPS) is 10.2. The number of anilines is 2. The molecule has 0 atom stereocenters. The minimum atomic E-state index is -0.563. The summed E-state index contributed by atoms with van der Waals surface area (Å²) in [6, 6.07) is 11.2. The number of hydrogen-bond acceptors (Lipinski definition) is 2. The minimum Gasteiger partial charge on any atom is -0.385 e. The lowest BCUT2D eigenvalue weighted by Crippen LogP contribution is -2.12. The molecule has 104 valence electrons. The van der Waals surface area contributed by atoms with Gasteiger partial charge in [0.2, 0.25) is 0 Å². The Bertz CT molecular complexity index is 614. The van der Waals surface area contributed by atoms with Crippen LogP contribution in [0.15, 0.2) is 42.5 Å². The molecule has 0 aromatic heterocycles. The monoisotopic (exact) mass is 292 g/mol. The van der Waals surface area contributed by atoms with Crippen LogP contribution in [-0.2, 0) is 0 Å². The van der Waals surface area contributed by atoms with Gasteiger partial charge in [0.05, 0.1) is 5.02 Å². The zero-order valence-corrected chi connectivity index (χ0v) is 11.7. The van der Waals surface area contributed by atoms with Crippen molar-refractivity contribution in [2.45, 2.75) is 6.92 Å². The zero-order chi connectivity index (χ0) is 14.5. The standard InChI is InChI=1S/C15H14ClFN2O/c1-2-18-11-5-3-10(4-6-11)15(20)19-12-7-8-13(16)14(17)9-12/h3-9,18H,2H2,1H3,(H,19,20). The maximum atomic E-state index is 13.3. The number of amides is 1. The Kier molecular flexibility index (Phi) is 4.58. The van der Waals surface area contributed by atoms with E-state index in [1.54, 1.807) is 18.2 Å². The molecule has 0 fully saturated rings. The van der Waals surface area contributed by atoms with E-state index < -0.39 is 5.82 Å². The number of benzene rings is 2. The van der Waals surface area contributed by atoms with E-state index in [-0.39, 0.29) is 10.9 Å². The van der Waals surface area contributed by atoms with Crippen molar-refractivity contribution in [3.8, 4) is 0 Å². The van der Waals surface area contributed by atoms with Crippen LogP contribution in [0.2, 0.25) is 5.02 Å². The summed E-state index contributed by atoms with van der Waals surface area (Å²) in [5, 5.41) is 5.79. The summed E-state index contributed by atoms with van der Waals surface area (Å²) in [5.41, 5.74) is 1.82. The highest BCUT2D eigenvalue weighted by Crippen LogP contribution is 2.19. The predicted octanol–water partition coefficient (Wildman–Crippen LogP) is 4.16. The van der Waals surface area contributed by atoms with Crippen LogP contribution >= 0.6 is 11.6 Å². The van der Waals surface area contributed by atoms with Gasteiger partial charge in [-0.15, -0.1) is 0 Å². The van der Waals surface area contributed by atoms with Crippen molar-refractivity contribution in [2.75, 3.05) is 17.2 Å². The summed E-state index contributed by atoms with van der Waals surface area (Å²) >= 11 is 5.59. The largest absolute Gasteiger partial charge is 0.385 e. The average molecular weight is 293 g/mol. The molecule has 0 heterocycles. The molecule has 0 spiro atoms. The van der Waals surface area contributed by atoms with Gasteiger partial charge in [0, 0.05) is 23.5 Å². The number of carbonyl (C=O) groups is 1. The Morgan fingerprint density at radius 3 is 2.40 bits per heavy atom. The topological polar surface area (TPSA) is 41.1 Å². The minimum absolute atomic E-state index is 0.0259. The van der Waals surface area contributed by atoms with Crippen LogP contribution in [0.5, 0.6) is 0 Å². The lowest BCUT2D eigenvalue weighted by Gasteiger charge is -2.07. The molecular weight excluding hydrogens is 279 g/mol. The van der Waals surface area contributed by atoms with Gasteiger partial charge < -0.3 is 10.6 Å². The molecular formula is C15H14ClFN2O. The Morgan fingerprint density at radius 1 is 1.15 bits per heavy atom. The molecule has 3 nitrogen and oxygen atoms in total. The maximum absolute atomic E-state index is 13.3. The molecule has 0 unspecified atom stereocenters. The molecule has 1 amide bonds. The van der Waals surface area contributed by atoms with Gasteiger partial charge in [-0.05, 0) is 49.4 Å². The molecule has 0 aliphatic heterocycles. The van der Waals surface area contributed by atoms with Crippen molar-refractivity contribution < 1.29 is 9.18 Å². The molecule has 0 saturated carbocycles. The first-order chi connectivity index (χ1) is 9.60. The average Bonchev–Trinajstić information content (AvgIpc) is 2.44. The number of rotatable bonds is 4. The SMILES string of the molecule is CCNc1ccc(C(=O)Nc2ccc(Cl)c(F)c2)cc1. The molecule has 0 aliphatic carbocycles. The van der Waals surface area contributed by atoms with Crippen LogP contribution in [-0.4, -0.2) is 12.5 Å². The molecule has 2 aromatic rings. The van der Waals surface area contributed by atoms with E-state index in [0.717, 1.165) is 12.2 Å². The Morgan fingerprint density at radius 2 is 1.80 bits per heavy atom. The fourth-order valence-electron chi connectivity index (χ4n) is 1.72. The molecule has 0 bridgehead atoms. The van der Waals surface area contributed by atoms with Crippen molar-refractivity contribution in [2.24, 2.45) is 0 Å². The van der Waals surface area contributed by atoms with Crippen molar-refractivity contribution in [3.63, 3.8) is 0 Å². The zero-order valence-electron chi connectivity index (χ0n) is 10.9. The fraction of sp³-hybridized carbons (Fsp3) is 0.133. The van der Waals surface area contributed by atoms with Crippen LogP contribution in [0.1, 0.15) is 17.3 Å². The van der Waals surface area contributed by atoms with Crippen LogP contribution < -0.4 is 10.6 Å². The first-order valence-corrected chi connectivity index (χ1v) is 6.58. The third-order valence-electron chi connectivity index (χ3n) is 2.71. The maximum Gasteiger partial charge on any atom is 0.255 e. The summed E-state index contributed by atoms with van der Waals surface area (Å²) in [6.07, 6.45) is 0. The van der Waals surface area contributed by atoms with E-state index in [2.05, 4.69) is 10.6 Å². The summed E-state index contributed by atoms with van der Waals surface area (Å²) in [7, 11) is 0. The third kappa shape index (κ3) is 3.48. The molecule has 0 aliphatic rings. The van der Waals surface area contributed by atoms with Crippen LogP contribution in [0.3, 0.4) is 0 Å². The van der Waals surface area contributed by atoms with Gasteiger partial charge in [-0.2, -0.15) is 0 Å². The summed E-state index contributed by atoms with van der Waals surface area (Å²) in [6.45, 7) is 2.81. The predicted molar refractivity (Wildman–Crippen MR) is 80.0 cm³/mol. The molecule has 0 radical (unpaired) electrons. The number of hydrogen-bond donors (Lipinski definition) is 2. The van der Waals surface area contributed by atoms with Crippen molar-refractivity contribution in [3.05, 3.63) is 58.9 Å². The van der Waals surface area contributed by atoms with Crippen molar-refractivity contribution in [1.29, 1.82) is 0 Å². The molecule has 2 rings (SSSR count). The number of nitrogens with one attached hydrogen (secondary N) is 2.